The smallest absolute Gasteiger partial charge is 0.243 e. The van der Waals surface area contributed by atoms with Gasteiger partial charge in [-0.3, -0.25) is 4.79 Å². The number of sulfonamides is 1. The van der Waals surface area contributed by atoms with Crippen molar-refractivity contribution in [3.63, 3.8) is 0 Å². The number of hydrogen-bond acceptors (Lipinski definition) is 3. The van der Waals surface area contributed by atoms with E-state index >= 15 is 0 Å². The van der Waals surface area contributed by atoms with Crippen LogP contribution >= 0.6 is 0 Å². The molecule has 5 heteroatoms. The third-order valence-electron chi connectivity index (χ3n) is 4.24. The molecule has 0 amide bonds. The second-order valence-electron chi connectivity index (χ2n) is 5.58. The first kappa shape index (κ1) is 13.8. The van der Waals surface area contributed by atoms with Crippen molar-refractivity contribution in [1.29, 1.82) is 0 Å². The van der Waals surface area contributed by atoms with E-state index in [9.17, 15) is 13.2 Å². The van der Waals surface area contributed by atoms with Gasteiger partial charge in [0.25, 0.3) is 0 Å². The Balaban J connectivity index is 1.89. The summed E-state index contributed by atoms with van der Waals surface area (Å²) in [5, 5.41) is 0. The highest BCUT2D eigenvalue weighted by Crippen LogP contribution is 2.26. The van der Waals surface area contributed by atoms with E-state index in [0.29, 0.717) is 30.8 Å². The molecule has 0 aromatic heterocycles. The van der Waals surface area contributed by atoms with E-state index < -0.39 is 10.0 Å². The average Bonchev–Trinajstić information content (AvgIpc) is 2.47. The van der Waals surface area contributed by atoms with E-state index in [0.717, 1.165) is 19.3 Å². The fourth-order valence-electron chi connectivity index (χ4n) is 3.00. The molecule has 0 spiro atoms. The maximum absolute atomic E-state index is 12.6. The lowest BCUT2D eigenvalue weighted by atomic mass is 9.92. The van der Waals surface area contributed by atoms with E-state index in [1.807, 2.05) is 12.1 Å². The van der Waals surface area contributed by atoms with Crippen molar-refractivity contribution in [2.24, 2.45) is 0 Å². The molecule has 2 aliphatic rings. The molecule has 3 rings (SSSR count). The van der Waals surface area contributed by atoms with Crippen LogP contribution in [-0.2, 0) is 27.7 Å². The van der Waals surface area contributed by atoms with Gasteiger partial charge in [0.1, 0.15) is 5.78 Å². The number of carbonyl (C=O) groups excluding carboxylic acids is 1. The molecule has 1 saturated heterocycles. The third-order valence-corrected chi connectivity index (χ3v) is 6.13. The molecule has 0 unspecified atom stereocenters. The molecule has 1 fully saturated rings. The molecule has 0 radical (unpaired) electrons. The summed E-state index contributed by atoms with van der Waals surface area (Å²) in [6, 6.07) is 5.51. The van der Waals surface area contributed by atoms with Gasteiger partial charge in [-0.1, -0.05) is 6.07 Å². The lowest BCUT2D eigenvalue weighted by Gasteiger charge is -2.26. The topological polar surface area (TPSA) is 54.5 Å². The van der Waals surface area contributed by atoms with Gasteiger partial charge in [0.05, 0.1) is 4.90 Å². The third kappa shape index (κ3) is 2.52. The molecule has 108 valence electrons. The van der Waals surface area contributed by atoms with E-state index in [1.54, 1.807) is 6.07 Å². The summed E-state index contributed by atoms with van der Waals surface area (Å²) in [4.78, 5) is 11.6. The summed E-state index contributed by atoms with van der Waals surface area (Å²) in [5.41, 5.74) is 2.45. The van der Waals surface area contributed by atoms with Crippen molar-refractivity contribution in [3.05, 3.63) is 29.3 Å². The van der Waals surface area contributed by atoms with Gasteiger partial charge in [-0.15, -0.1) is 0 Å². The molecule has 1 aromatic carbocycles. The largest absolute Gasteiger partial charge is 0.300 e. The van der Waals surface area contributed by atoms with Crippen LogP contribution in [0.3, 0.4) is 0 Å². The molecular weight excluding hydrogens is 274 g/mol. The molecule has 1 aliphatic carbocycles. The second kappa shape index (κ2) is 5.30. The molecular formula is C15H19NO3S. The van der Waals surface area contributed by atoms with E-state index in [4.69, 9.17) is 0 Å². The predicted octanol–water partition coefficient (Wildman–Crippen LogP) is 1.92. The van der Waals surface area contributed by atoms with Gasteiger partial charge >= 0.3 is 0 Å². The van der Waals surface area contributed by atoms with Crippen LogP contribution in [-0.4, -0.2) is 31.6 Å². The van der Waals surface area contributed by atoms with Crippen LogP contribution in [0.25, 0.3) is 0 Å². The summed E-state index contributed by atoms with van der Waals surface area (Å²) in [5.74, 6) is 0.155. The normalized spacial score (nSPS) is 20.7. The zero-order valence-electron chi connectivity index (χ0n) is 11.5. The summed E-state index contributed by atoms with van der Waals surface area (Å²) in [6.07, 6.45) is 5.02. The minimum atomic E-state index is -3.44. The maximum atomic E-state index is 12.6. The van der Waals surface area contributed by atoms with E-state index in [2.05, 4.69) is 0 Å². The minimum Gasteiger partial charge on any atom is -0.300 e. The molecule has 0 atom stereocenters. The van der Waals surface area contributed by atoms with Crippen LogP contribution < -0.4 is 0 Å². The lowest BCUT2D eigenvalue weighted by Crippen LogP contribution is -2.38. The average molecular weight is 293 g/mol. The van der Waals surface area contributed by atoms with E-state index in [1.165, 1.54) is 21.9 Å². The molecule has 4 nitrogen and oxygen atoms in total. The van der Waals surface area contributed by atoms with Gasteiger partial charge in [-0.05, 0) is 48.9 Å². The lowest BCUT2D eigenvalue weighted by molar-refractivity contribution is -0.120. The highest BCUT2D eigenvalue weighted by Gasteiger charge is 2.29. The molecule has 0 bridgehead atoms. The van der Waals surface area contributed by atoms with Crippen molar-refractivity contribution in [2.75, 3.05) is 13.1 Å². The summed E-state index contributed by atoms with van der Waals surface area (Å²) >= 11 is 0. The monoisotopic (exact) mass is 293 g/mol. The van der Waals surface area contributed by atoms with Crippen LogP contribution in [0.1, 0.15) is 36.8 Å². The van der Waals surface area contributed by atoms with E-state index in [-0.39, 0.29) is 5.78 Å². The maximum Gasteiger partial charge on any atom is 0.243 e. The molecule has 1 heterocycles. The number of Topliss-reactive ketones (excluding diaryl/α,β-unsaturated/α-hetero) is 1. The Morgan fingerprint density at radius 2 is 1.55 bits per heavy atom. The van der Waals surface area contributed by atoms with Crippen LogP contribution in [0.5, 0.6) is 0 Å². The summed E-state index contributed by atoms with van der Waals surface area (Å²) < 4.78 is 26.6. The number of benzene rings is 1. The zero-order chi connectivity index (χ0) is 14.2. The number of carbonyl (C=O) groups is 1. The molecule has 0 saturated carbocycles. The van der Waals surface area contributed by atoms with Gasteiger partial charge in [-0.2, -0.15) is 4.31 Å². The molecule has 1 aromatic rings. The van der Waals surface area contributed by atoms with Gasteiger partial charge in [0.2, 0.25) is 10.0 Å². The van der Waals surface area contributed by atoms with Crippen LogP contribution in [0, 0.1) is 0 Å². The highest BCUT2D eigenvalue weighted by atomic mass is 32.2. The van der Waals surface area contributed by atoms with Crippen molar-refractivity contribution in [3.8, 4) is 0 Å². The standard InChI is InChI=1S/C15H19NO3S/c17-14-7-9-16(10-8-14)20(18,19)15-6-5-12-3-1-2-4-13(12)11-15/h5-6,11H,1-4,7-10H2. The first-order chi connectivity index (χ1) is 9.57. The zero-order valence-corrected chi connectivity index (χ0v) is 12.3. The number of piperidine rings is 1. The Hall–Kier alpha value is -1.20. The van der Waals surface area contributed by atoms with Gasteiger partial charge in [0.15, 0.2) is 0 Å². The quantitative estimate of drug-likeness (QED) is 0.837. The van der Waals surface area contributed by atoms with Crippen molar-refractivity contribution in [2.45, 2.75) is 43.4 Å². The number of fused-ring (bicyclic) bond motifs is 1. The number of aryl methyl sites for hydroxylation is 2. The molecule has 0 N–H and O–H groups in total. The Morgan fingerprint density at radius 1 is 0.900 bits per heavy atom. The minimum absolute atomic E-state index is 0.155. The first-order valence-corrected chi connectivity index (χ1v) is 8.65. The van der Waals surface area contributed by atoms with Crippen LogP contribution in [0.2, 0.25) is 0 Å². The Labute approximate surface area is 119 Å². The van der Waals surface area contributed by atoms with Crippen molar-refractivity contribution >= 4 is 15.8 Å². The SMILES string of the molecule is O=C1CCN(S(=O)(=O)c2ccc3c(c2)CCCC3)CC1. The Bertz CT molecular complexity index is 627. The highest BCUT2D eigenvalue weighted by molar-refractivity contribution is 7.89. The fraction of sp³-hybridized carbons (Fsp3) is 0.533. The first-order valence-electron chi connectivity index (χ1n) is 7.21. The number of rotatable bonds is 2. The number of ketones is 1. The summed E-state index contributed by atoms with van der Waals surface area (Å²) in [6.45, 7) is 0.635. The fourth-order valence-corrected chi connectivity index (χ4v) is 4.49. The predicted molar refractivity (Wildman–Crippen MR) is 76.1 cm³/mol. The Morgan fingerprint density at radius 3 is 2.25 bits per heavy atom. The number of hydrogen-bond donors (Lipinski definition) is 0. The Kier molecular flexibility index (Phi) is 3.65. The van der Waals surface area contributed by atoms with Crippen molar-refractivity contribution < 1.29 is 13.2 Å². The van der Waals surface area contributed by atoms with Crippen LogP contribution in [0.4, 0.5) is 0 Å². The summed E-state index contributed by atoms with van der Waals surface area (Å²) in [7, 11) is -3.44. The number of nitrogens with zero attached hydrogens (tertiary/aromatic N) is 1. The second-order valence-corrected chi connectivity index (χ2v) is 7.52. The van der Waals surface area contributed by atoms with Gasteiger partial charge < -0.3 is 0 Å². The van der Waals surface area contributed by atoms with Crippen molar-refractivity contribution in [1.82, 2.24) is 4.31 Å². The molecule has 20 heavy (non-hydrogen) atoms. The molecule has 1 aliphatic heterocycles. The van der Waals surface area contributed by atoms with Crippen LogP contribution in [0.15, 0.2) is 23.1 Å². The van der Waals surface area contributed by atoms with Gasteiger partial charge in [0, 0.05) is 25.9 Å². The van der Waals surface area contributed by atoms with Gasteiger partial charge in [-0.25, -0.2) is 8.42 Å².